The van der Waals surface area contributed by atoms with Crippen molar-refractivity contribution in [3.8, 4) is 0 Å². The van der Waals surface area contributed by atoms with Crippen LogP contribution in [0.1, 0.15) is 61.3 Å². The number of fused-ring (bicyclic) bond motifs is 4. The summed E-state index contributed by atoms with van der Waals surface area (Å²) >= 11 is 0. The first-order valence-electron chi connectivity index (χ1n) is 10.4. The smallest absolute Gasteiger partial charge is 0.0201 e. The lowest BCUT2D eigenvalue weighted by molar-refractivity contribution is 0.0548. The highest BCUT2D eigenvalue weighted by Crippen LogP contribution is 2.36. The largest absolute Gasteiger partial charge is 0.312 e. The van der Waals surface area contributed by atoms with Gasteiger partial charge in [0.25, 0.3) is 0 Å². The Hall–Kier alpha value is -0.160. The summed E-state index contributed by atoms with van der Waals surface area (Å²) in [6, 6.07) is 1.53. The van der Waals surface area contributed by atoms with E-state index >= 15 is 0 Å². The molecule has 0 aromatic heterocycles. The van der Waals surface area contributed by atoms with Crippen LogP contribution in [0, 0.1) is 11.3 Å². The molecule has 0 aliphatic carbocycles. The molecular formula is C21H42N4. The van der Waals surface area contributed by atoms with Gasteiger partial charge in [0.05, 0.1) is 0 Å². The Morgan fingerprint density at radius 3 is 2.04 bits per heavy atom. The van der Waals surface area contributed by atoms with Crippen LogP contribution in [0.4, 0.5) is 0 Å². The summed E-state index contributed by atoms with van der Waals surface area (Å²) in [5.41, 5.74) is 1.24. The number of nitrogens with zero attached hydrogens (tertiary/aromatic N) is 2. The van der Waals surface area contributed by atoms with Crippen molar-refractivity contribution in [3.63, 3.8) is 0 Å². The highest BCUT2D eigenvalue weighted by Gasteiger charge is 2.44. The van der Waals surface area contributed by atoms with E-state index in [1.54, 1.807) is 0 Å². The summed E-state index contributed by atoms with van der Waals surface area (Å²) in [6.45, 7) is 23.8. The summed E-state index contributed by atoms with van der Waals surface area (Å²) in [5.74, 6) is 0.919. The minimum absolute atomic E-state index is 0.339. The lowest BCUT2D eigenvalue weighted by atomic mass is 9.82. The van der Waals surface area contributed by atoms with Crippen LogP contribution in [0.2, 0.25) is 0 Å². The van der Waals surface area contributed by atoms with Gasteiger partial charge in [-0.3, -0.25) is 9.80 Å². The van der Waals surface area contributed by atoms with Crippen molar-refractivity contribution in [1.82, 2.24) is 20.4 Å². The molecule has 146 valence electrons. The van der Waals surface area contributed by atoms with Gasteiger partial charge in [-0.1, -0.05) is 6.92 Å². The molecule has 4 rings (SSSR count). The molecule has 4 fully saturated rings. The molecule has 4 atom stereocenters. The monoisotopic (exact) mass is 350 g/mol. The lowest BCUT2D eigenvalue weighted by Crippen LogP contribution is -2.52. The maximum atomic E-state index is 3.62. The van der Waals surface area contributed by atoms with Gasteiger partial charge in [0.2, 0.25) is 0 Å². The summed E-state index contributed by atoms with van der Waals surface area (Å²) in [7, 11) is 0. The van der Waals surface area contributed by atoms with E-state index in [4.69, 9.17) is 0 Å². The topological polar surface area (TPSA) is 30.5 Å². The van der Waals surface area contributed by atoms with Crippen molar-refractivity contribution < 1.29 is 0 Å². The number of hydrogen-bond acceptors (Lipinski definition) is 4. The molecule has 4 saturated heterocycles. The lowest BCUT2D eigenvalue weighted by Gasteiger charge is -2.44. The molecular weight excluding hydrogens is 308 g/mol. The Labute approximate surface area is 156 Å². The number of piperidine rings is 2. The van der Waals surface area contributed by atoms with Gasteiger partial charge in [0.15, 0.2) is 0 Å². The van der Waals surface area contributed by atoms with Crippen LogP contribution >= 0.6 is 0 Å². The fourth-order valence-electron chi connectivity index (χ4n) is 5.06. The van der Waals surface area contributed by atoms with Crippen molar-refractivity contribution >= 4 is 0 Å². The normalized spacial score (nSPS) is 39.2. The fraction of sp³-hybridized carbons (Fsp3) is 1.00. The molecule has 0 amide bonds. The summed E-state index contributed by atoms with van der Waals surface area (Å²) < 4.78 is 0. The molecule has 4 heteroatoms. The van der Waals surface area contributed by atoms with Gasteiger partial charge in [0.1, 0.15) is 0 Å². The second-order valence-corrected chi connectivity index (χ2v) is 11.4. The number of nitrogens with one attached hydrogen (secondary N) is 2. The van der Waals surface area contributed by atoms with Gasteiger partial charge in [0, 0.05) is 55.9 Å². The highest BCUT2D eigenvalue weighted by molar-refractivity contribution is 5.01. The second-order valence-electron chi connectivity index (χ2n) is 11.4. The molecule has 0 radical (unpaired) electrons. The van der Waals surface area contributed by atoms with E-state index in [1.807, 2.05) is 0 Å². The molecule has 0 saturated carbocycles. The molecule has 25 heavy (non-hydrogen) atoms. The SMILES string of the molecule is CC(C)(C)N1C[C@@H]2CN[C@@H](C2)C1.CC(C)(C)N1C[C@H]2C[C@](C)(CN2)C1. The average Bonchev–Trinajstić information content (AvgIpc) is 2.95. The van der Waals surface area contributed by atoms with Crippen molar-refractivity contribution in [3.05, 3.63) is 0 Å². The predicted molar refractivity (Wildman–Crippen MR) is 107 cm³/mol. The molecule has 4 bridgehead atoms. The van der Waals surface area contributed by atoms with Crippen LogP contribution in [0.25, 0.3) is 0 Å². The molecule has 0 unspecified atom stereocenters. The fourth-order valence-corrected chi connectivity index (χ4v) is 5.06. The van der Waals surface area contributed by atoms with E-state index < -0.39 is 0 Å². The van der Waals surface area contributed by atoms with E-state index in [9.17, 15) is 0 Å². The summed E-state index contributed by atoms with van der Waals surface area (Å²) in [4.78, 5) is 5.24. The van der Waals surface area contributed by atoms with Crippen molar-refractivity contribution in [2.45, 2.75) is 84.5 Å². The van der Waals surface area contributed by atoms with Crippen molar-refractivity contribution in [2.24, 2.45) is 11.3 Å². The van der Waals surface area contributed by atoms with Gasteiger partial charge in [-0.25, -0.2) is 0 Å². The summed E-state index contributed by atoms with van der Waals surface area (Å²) in [5, 5.41) is 7.20. The number of likely N-dealkylation sites (tertiary alicyclic amines) is 2. The van der Waals surface area contributed by atoms with Gasteiger partial charge < -0.3 is 10.6 Å². The van der Waals surface area contributed by atoms with Gasteiger partial charge in [-0.15, -0.1) is 0 Å². The molecule has 4 nitrogen and oxygen atoms in total. The third-order valence-electron chi connectivity index (χ3n) is 6.70. The quantitative estimate of drug-likeness (QED) is 0.703. The molecule has 4 aliphatic rings. The molecule has 4 heterocycles. The Bertz CT molecular complexity index is 451. The molecule has 0 spiro atoms. The van der Waals surface area contributed by atoms with E-state index in [0.717, 1.165) is 18.0 Å². The Morgan fingerprint density at radius 1 is 0.840 bits per heavy atom. The molecule has 4 aliphatic heterocycles. The minimum atomic E-state index is 0.339. The zero-order chi connectivity index (χ0) is 18.5. The van der Waals surface area contributed by atoms with E-state index in [2.05, 4.69) is 68.9 Å². The van der Waals surface area contributed by atoms with Crippen LogP contribution < -0.4 is 10.6 Å². The van der Waals surface area contributed by atoms with Gasteiger partial charge in [-0.05, 0) is 72.3 Å². The first-order chi connectivity index (χ1) is 11.4. The average molecular weight is 351 g/mol. The molecule has 0 aromatic carbocycles. The van der Waals surface area contributed by atoms with Crippen LogP contribution in [0.3, 0.4) is 0 Å². The Balaban J connectivity index is 0.000000146. The van der Waals surface area contributed by atoms with Crippen LogP contribution in [0.15, 0.2) is 0 Å². The third kappa shape index (κ3) is 4.77. The van der Waals surface area contributed by atoms with Crippen LogP contribution in [-0.2, 0) is 0 Å². The third-order valence-corrected chi connectivity index (χ3v) is 6.70. The maximum absolute atomic E-state index is 3.62. The maximum Gasteiger partial charge on any atom is 0.0201 e. The van der Waals surface area contributed by atoms with Gasteiger partial charge >= 0.3 is 0 Å². The number of hydrogen-bond donors (Lipinski definition) is 2. The Morgan fingerprint density at radius 2 is 1.48 bits per heavy atom. The van der Waals surface area contributed by atoms with Crippen LogP contribution in [-0.4, -0.2) is 72.2 Å². The zero-order valence-electron chi connectivity index (χ0n) is 17.8. The first-order valence-corrected chi connectivity index (χ1v) is 10.4. The van der Waals surface area contributed by atoms with Gasteiger partial charge in [-0.2, -0.15) is 0 Å². The Kier molecular flexibility index (Phi) is 5.31. The highest BCUT2D eigenvalue weighted by atomic mass is 15.3. The van der Waals surface area contributed by atoms with E-state index in [1.165, 1.54) is 52.1 Å². The van der Waals surface area contributed by atoms with Crippen LogP contribution in [0.5, 0.6) is 0 Å². The zero-order valence-corrected chi connectivity index (χ0v) is 17.8. The second kappa shape index (κ2) is 6.78. The molecule has 2 N–H and O–H groups in total. The van der Waals surface area contributed by atoms with Crippen molar-refractivity contribution in [2.75, 3.05) is 39.3 Å². The number of rotatable bonds is 0. The van der Waals surface area contributed by atoms with E-state index in [0.29, 0.717) is 16.5 Å². The minimum Gasteiger partial charge on any atom is -0.312 e. The summed E-state index contributed by atoms with van der Waals surface area (Å²) in [6.07, 6.45) is 2.78. The molecule has 0 aromatic rings. The van der Waals surface area contributed by atoms with E-state index in [-0.39, 0.29) is 0 Å². The standard InChI is InChI=1S/C11H22N2.C10H20N2/c1-10(2,3)13-6-9-5-11(4,8-13)7-12-9;1-10(2,3)12-6-8-4-9(7-12)11-5-8/h9,12H,5-8H2,1-4H3;8-9,11H,4-7H2,1-3H3/t9-,11-;8-,9-/m10/s1. The first kappa shape index (κ1) is 19.6. The predicted octanol–water partition coefficient (Wildman–Crippen LogP) is 2.55. The van der Waals surface area contributed by atoms with Crippen molar-refractivity contribution in [1.29, 1.82) is 0 Å².